The molecule has 0 aromatic heterocycles. The van der Waals surface area contributed by atoms with Crippen molar-refractivity contribution in [3.63, 3.8) is 0 Å². The third kappa shape index (κ3) is 6.31. The highest BCUT2D eigenvalue weighted by atomic mass is 16.2. The Morgan fingerprint density at radius 1 is 0.828 bits per heavy atom. The lowest BCUT2D eigenvalue weighted by atomic mass is 9.97. The number of nitrogens with zero attached hydrogens (tertiary/aromatic N) is 2. The molecular formula is C23H33N3O3. The summed E-state index contributed by atoms with van der Waals surface area (Å²) in [7, 11) is 0. The van der Waals surface area contributed by atoms with Gasteiger partial charge in [0, 0.05) is 50.6 Å². The maximum absolute atomic E-state index is 13.1. The minimum Gasteiger partial charge on any atom is -0.356 e. The molecule has 3 rings (SSSR count). The largest absolute Gasteiger partial charge is 0.356 e. The molecule has 0 bridgehead atoms. The number of rotatable bonds is 2. The molecule has 2 saturated heterocycles. The smallest absolute Gasteiger partial charge is 0.253 e. The Kier molecular flexibility index (Phi) is 8.08. The van der Waals surface area contributed by atoms with Gasteiger partial charge in [-0.25, -0.2) is 0 Å². The van der Waals surface area contributed by atoms with Crippen LogP contribution < -0.4 is 5.32 Å². The summed E-state index contributed by atoms with van der Waals surface area (Å²) in [4.78, 5) is 42.0. The average molecular weight is 400 g/mol. The minimum absolute atomic E-state index is 0.0481. The molecule has 1 N–H and O–H groups in total. The van der Waals surface area contributed by atoms with Crippen LogP contribution in [0, 0.1) is 5.92 Å². The number of amides is 3. The van der Waals surface area contributed by atoms with E-state index >= 15 is 0 Å². The molecule has 2 heterocycles. The van der Waals surface area contributed by atoms with Gasteiger partial charge in [0.2, 0.25) is 11.8 Å². The van der Waals surface area contributed by atoms with Crippen molar-refractivity contribution in [1.29, 1.82) is 0 Å². The first-order valence-corrected chi connectivity index (χ1v) is 11.0. The van der Waals surface area contributed by atoms with Crippen LogP contribution in [-0.2, 0) is 9.59 Å². The summed E-state index contributed by atoms with van der Waals surface area (Å²) < 4.78 is 0. The lowest BCUT2D eigenvalue weighted by Crippen LogP contribution is -2.38. The predicted octanol–water partition coefficient (Wildman–Crippen LogP) is 2.84. The molecule has 0 aliphatic carbocycles. The van der Waals surface area contributed by atoms with Gasteiger partial charge in [0.25, 0.3) is 5.91 Å². The Bertz CT molecular complexity index is 684. The van der Waals surface area contributed by atoms with Gasteiger partial charge in [0.15, 0.2) is 0 Å². The standard InChI is InChI=1S/C23H33N3O3/c27-21-13-18-26(22(28)19-9-4-3-5-10-19)17-8-11-20(12-14-24-21)23(29)25-15-6-1-2-7-16-25/h3-5,9-10,20H,1-2,6-8,11-18H2,(H,24,27). The zero-order valence-electron chi connectivity index (χ0n) is 17.3. The molecule has 158 valence electrons. The fourth-order valence-electron chi connectivity index (χ4n) is 4.26. The van der Waals surface area contributed by atoms with Gasteiger partial charge >= 0.3 is 0 Å². The molecule has 0 radical (unpaired) electrons. The Labute approximate surface area is 173 Å². The summed E-state index contributed by atoms with van der Waals surface area (Å²) in [6.45, 7) is 3.20. The van der Waals surface area contributed by atoms with Crippen molar-refractivity contribution >= 4 is 17.7 Å². The van der Waals surface area contributed by atoms with E-state index in [-0.39, 0.29) is 23.6 Å². The van der Waals surface area contributed by atoms with E-state index in [1.165, 1.54) is 12.8 Å². The van der Waals surface area contributed by atoms with Gasteiger partial charge in [-0.2, -0.15) is 0 Å². The fraction of sp³-hybridized carbons (Fsp3) is 0.609. The molecule has 6 heteroatoms. The number of nitrogens with one attached hydrogen (secondary N) is 1. The highest BCUT2D eigenvalue weighted by molar-refractivity contribution is 5.94. The molecule has 1 unspecified atom stereocenters. The van der Waals surface area contributed by atoms with Crippen LogP contribution in [0.3, 0.4) is 0 Å². The van der Waals surface area contributed by atoms with E-state index in [1.54, 1.807) is 17.0 Å². The normalized spacial score (nSPS) is 22.2. The van der Waals surface area contributed by atoms with Crippen LogP contribution in [0.2, 0.25) is 0 Å². The van der Waals surface area contributed by atoms with Gasteiger partial charge in [0.1, 0.15) is 0 Å². The van der Waals surface area contributed by atoms with Crippen molar-refractivity contribution in [2.75, 3.05) is 32.7 Å². The third-order valence-corrected chi connectivity index (χ3v) is 5.98. The Morgan fingerprint density at radius 2 is 1.52 bits per heavy atom. The summed E-state index contributed by atoms with van der Waals surface area (Å²) >= 11 is 0. The first-order chi connectivity index (χ1) is 14.1. The first kappa shape index (κ1) is 21.3. The summed E-state index contributed by atoms with van der Waals surface area (Å²) in [5.74, 6) is 0.0354. The average Bonchev–Trinajstić information content (AvgIpc) is 3.05. The predicted molar refractivity (Wildman–Crippen MR) is 112 cm³/mol. The topological polar surface area (TPSA) is 69.7 Å². The van der Waals surface area contributed by atoms with E-state index in [0.29, 0.717) is 38.0 Å². The molecule has 29 heavy (non-hydrogen) atoms. The lowest BCUT2D eigenvalue weighted by Gasteiger charge is -2.27. The van der Waals surface area contributed by atoms with Gasteiger partial charge in [-0.1, -0.05) is 31.0 Å². The molecule has 1 atom stereocenters. The summed E-state index contributed by atoms with van der Waals surface area (Å²) in [6, 6.07) is 9.19. The van der Waals surface area contributed by atoms with Gasteiger partial charge < -0.3 is 15.1 Å². The Balaban J connectivity index is 1.65. The maximum atomic E-state index is 13.1. The van der Waals surface area contributed by atoms with Gasteiger partial charge in [-0.15, -0.1) is 0 Å². The monoisotopic (exact) mass is 399 g/mol. The van der Waals surface area contributed by atoms with E-state index in [0.717, 1.165) is 38.8 Å². The van der Waals surface area contributed by atoms with Crippen molar-refractivity contribution in [3.8, 4) is 0 Å². The zero-order valence-corrected chi connectivity index (χ0v) is 17.3. The van der Waals surface area contributed by atoms with Crippen LogP contribution >= 0.6 is 0 Å². The van der Waals surface area contributed by atoms with Crippen molar-refractivity contribution in [3.05, 3.63) is 35.9 Å². The van der Waals surface area contributed by atoms with Crippen LogP contribution in [-0.4, -0.2) is 60.2 Å². The highest BCUT2D eigenvalue weighted by Crippen LogP contribution is 2.20. The molecular weight excluding hydrogens is 366 g/mol. The molecule has 3 amide bonds. The van der Waals surface area contributed by atoms with E-state index < -0.39 is 0 Å². The second-order valence-electron chi connectivity index (χ2n) is 8.13. The van der Waals surface area contributed by atoms with E-state index in [9.17, 15) is 14.4 Å². The second-order valence-corrected chi connectivity index (χ2v) is 8.13. The molecule has 1 aromatic carbocycles. The minimum atomic E-state index is -0.0832. The number of likely N-dealkylation sites (tertiary alicyclic amines) is 1. The molecule has 6 nitrogen and oxygen atoms in total. The Morgan fingerprint density at radius 3 is 2.24 bits per heavy atom. The van der Waals surface area contributed by atoms with Crippen molar-refractivity contribution in [1.82, 2.24) is 15.1 Å². The molecule has 0 saturated carbocycles. The van der Waals surface area contributed by atoms with Crippen molar-refractivity contribution < 1.29 is 14.4 Å². The van der Waals surface area contributed by atoms with Gasteiger partial charge in [-0.05, 0) is 44.2 Å². The maximum Gasteiger partial charge on any atom is 0.253 e. The fourth-order valence-corrected chi connectivity index (χ4v) is 4.26. The second kappa shape index (κ2) is 11.0. The molecule has 2 aliphatic rings. The van der Waals surface area contributed by atoms with Gasteiger partial charge in [-0.3, -0.25) is 14.4 Å². The third-order valence-electron chi connectivity index (χ3n) is 5.98. The number of hydrogen-bond donors (Lipinski definition) is 1. The van der Waals surface area contributed by atoms with Crippen molar-refractivity contribution in [2.24, 2.45) is 5.92 Å². The quantitative estimate of drug-likeness (QED) is 0.831. The SMILES string of the molecule is O=C1CCN(C(=O)c2ccccc2)CCCC(C(=O)N2CCCCCC2)CCN1. The van der Waals surface area contributed by atoms with E-state index in [2.05, 4.69) is 5.32 Å². The number of hydrogen-bond acceptors (Lipinski definition) is 3. The van der Waals surface area contributed by atoms with Crippen LogP contribution in [0.4, 0.5) is 0 Å². The first-order valence-electron chi connectivity index (χ1n) is 11.0. The molecule has 2 aliphatic heterocycles. The van der Waals surface area contributed by atoms with Crippen LogP contribution in [0.25, 0.3) is 0 Å². The van der Waals surface area contributed by atoms with E-state index in [4.69, 9.17) is 0 Å². The van der Waals surface area contributed by atoms with Crippen LogP contribution in [0.15, 0.2) is 30.3 Å². The highest BCUT2D eigenvalue weighted by Gasteiger charge is 2.26. The summed E-state index contributed by atoms with van der Waals surface area (Å²) in [6.07, 6.45) is 7.04. The van der Waals surface area contributed by atoms with Crippen molar-refractivity contribution in [2.45, 2.75) is 51.4 Å². The zero-order chi connectivity index (χ0) is 20.5. The molecule has 2 fully saturated rings. The molecule has 1 aromatic rings. The number of carbonyl (C=O) groups excluding carboxylic acids is 3. The van der Waals surface area contributed by atoms with Gasteiger partial charge in [0.05, 0.1) is 0 Å². The molecule has 0 spiro atoms. The number of benzene rings is 1. The number of carbonyl (C=O) groups is 3. The summed E-state index contributed by atoms with van der Waals surface area (Å²) in [5, 5.41) is 2.93. The summed E-state index contributed by atoms with van der Waals surface area (Å²) in [5.41, 5.74) is 0.639. The van der Waals surface area contributed by atoms with Crippen LogP contribution in [0.1, 0.15) is 61.7 Å². The van der Waals surface area contributed by atoms with Crippen LogP contribution in [0.5, 0.6) is 0 Å². The lowest BCUT2D eigenvalue weighted by molar-refractivity contribution is -0.136. The Hall–Kier alpha value is -2.37. The van der Waals surface area contributed by atoms with E-state index in [1.807, 2.05) is 23.1 Å².